The van der Waals surface area contributed by atoms with Crippen molar-refractivity contribution in [1.82, 2.24) is 9.62 Å². The van der Waals surface area contributed by atoms with E-state index in [1.165, 1.54) is 12.1 Å². The molecule has 1 saturated heterocycles. The monoisotopic (exact) mass is 497 g/mol. The fourth-order valence-electron chi connectivity index (χ4n) is 4.18. The number of carbonyl (C=O) groups excluding carboxylic acids is 1. The lowest BCUT2D eigenvalue weighted by atomic mass is 10.1. The molecule has 0 radical (unpaired) electrons. The Morgan fingerprint density at radius 3 is 2.23 bits per heavy atom. The maximum absolute atomic E-state index is 13.5. The van der Waals surface area contributed by atoms with E-state index in [-0.39, 0.29) is 17.2 Å². The average Bonchev–Trinajstić information content (AvgIpc) is 2.88. The van der Waals surface area contributed by atoms with Crippen molar-refractivity contribution in [1.29, 1.82) is 0 Å². The lowest BCUT2D eigenvalue weighted by Crippen LogP contribution is -2.55. The Morgan fingerprint density at radius 2 is 1.57 bits per heavy atom. The van der Waals surface area contributed by atoms with Crippen LogP contribution in [0.25, 0.3) is 0 Å². The summed E-state index contributed by atoms with van der Waals surface area (Å²) in [6, 6.07) is 20.5. The number of nitrogens with zero attached hydrogens (tertiary/aromatic N) is 2. The van der Waals surface area contributed by atoms with Crippen LogP contribution in [0, 0.1) is 5.82 Å². The fraction of sp³-hybridized carbons (Fsp3) is 0.269. The van der Waals surface area contributed by atoms with Crippen molar-refractivity contribution < 1.29 is 22.3 Å². The minimum Gasteiger partial charge on any atom is -0.495 e. The summed E-state index contributed by atoms with van der Waals surface area (Å²) in [6.07, 6.45) is 0.201. The molecule has 0 aromatic heterocycles. The Labute approximate surface area is 205 Å². The molecular weight excluding hydrogens is 469 g/mol. The number of halogens is 1. The van der Waals surface area contributed by atoms with E-state index in [0.29, 0.717) is 26.2 Å². The molecule has 1 fully saturated rings. The normalized spacial score (nSPS) is 15.0. The molecule has 0 bridgehead atoms. The third kappa shape index (κ3) is 5.98. The van der Waals surface area contributed by atoms with Crippen molar-refractivity contribution in [3.63, 3.8) is 0 Å². The quantitative estimate of drug-likeness (QED) is 0.518. The van der Waals surface area contributed by atoms with Gasteiger partial charge in [-0.2, -0.15) is 4.72 Å². The second kappa shape index (κ2) is 10.9. The maximum Gasteiger partial charge on any atom is 0.241 e. The molecular formula is C26H28FN3O4S. The predicted octanol–water partition coefficient (Wildman–Crippen LogP) is 3.07. The smallest absolute Gasteiger partial charge is 0.241 e. The Hall–Kier alpha value is -3.43. The number of hydrogen-bond donors (Lipinski definition) is 1. The third-order valence-electron chi connectivity index (χ3n) is 6.02. The summed E-state index contributed by atoms with van der Waals surface area (Å²) in [5, 5.41) is 0. The van der Waals surface area contributed by atoms with Gasteiger partial charge in [0, 0.05) is 26.2 Å². The molecule has 3 aromatic carbocycles. The van der Waals surface area contributed by atoms with E-state index in [1.54, 1.807) is 12.0 Å². The van der Waals surface area contributed by atoms with Crippen LogP contribution in [0.3, 0.4) is 0 Å². The maximum atomic E-state index is 13.5. The average molecular weight is 498 g/mol. The Balaban J connectivity index is 1.51. The van der Waals surface area contributed by atoms with Crippen LogP contribution >= 0.6 is 0 Å². The Morgan fingerprint density at radius 1 is 0.943 bits per heavy atom. The highest BCUT2D eigenvalue weighted by atomic mass is 32.2. The zero-order valence-electron chi connectivity index (χ0n) is 19.4. The minimum atomic E-state index is -4.03. The Bertz CT molecular complexity index is 1250. The number of amides is 1. The lowest BCUT2D eigenvalue weighted by Gasteiger charge is -2.38. The van der Waals surface area contributed by atoms with Crippen LogP contribution in [-0.2, 0) is 21.2 Å². The molecule has 1 aliphatic heterocycles. The number of ether oxygens (including phenoxy) is 1. The van der Waals surface area contributed by atoms with Crippen molar-refractivity contribution in [2.75, 3.05) is 38.2 Å². The first kappa shape index (κ1) is 24.7. The number of carbonyl (C=O) groups is 1. The molecule has 1 atom stereocenters. The summed E-state index contributed by atoms with van der Waals surface area (Å²) in [5.41, 5.74) is 1.79. The predicted molar refractivity (Wildman–Crippen MR) is 132 cm³/mol. The van der Waals surface area contributed by atoms with Crippen molar-refractivity contribution >= 4 is 21.6 Å². The molecule has 1 amide bonds. The van der Waals surface area contributed by atoms with Gasteiger partial charge in [0.1, 0.15) is 17.6 Å². The van der Waals surface area contributed by atoms with Crippen LogP contribution in [0.15, 0.2) is 83.8 Å². The highest BCUT2D eigenvalue weighted by Crippen LogP contribution is 2.28. The number of methoxy groups -OCH3 is 1. The second-order valence-corrected chi connectivity index (χ2v) is 10.0. The van der Waals surface area contributed by atoms with Gasteiger partial charge < -0.3 is 14.5 Å². The second-order valence-electron chi connectivity index (χ2n) is 8.30. The Kier molecular flexibility index (Phi) is 7.67. The molecule has 4 rings (SSSR count). The number of piperazine rings is 1. The van der Waals surface area contributed by atoms with Crippen LogP contribution in [0.4, 0.5) is 10.1 Å². The van der Waals surface area contributed by atoms with E-state index in [1.807, 2.05) is 54.6 Å². The topological polar surface area (TPSA) is 79.0 Å². The van der Waals surface area contributed by atoms with Crippen LogP contribution in [0.5, 0.6) is 5.75 Å². The van der Waals surface area contributed by atoms with Gasteiger partial charge in [-0.15, -0.1) is 0 Å². The van der Waals surface area contributed by atoms with Gasteiger partial charge in [-0.25, -0.2) is 12.8 Å². The van der Waals surface area contributed by atoms with Gasteiger partial charge in [0.25, 0.3) is 0 Å². The first-order valence-corrected chi connectivity index (χ1v) is 12.8. The molecule has 1 heterocycles. The molecule has 3 aromatic rings. The van der Waals surface area contributed by atoms with E-state index in [2.05, 4.69) is 9.62 Å². The van der Waals surface area contributed by atoms with Crippen LogP contribution in [0.2, 0.25) is 0 Å². The standard InChI is InChI=1S/C26H28FN3O4S/c1-34-25-10-6-5-9-24(25)29-15-17-30(18-16-29)26(31)23(19-20-7-3-2-4-8-20)28-35(32,33)22-13-11-21(27)12-14-22/h2-14,23,28H,15-19H2,1H3/t23-/m1/s1. The van der Waals surface area contributed by atoms with E-state index >= 15 is 0 Å². The first-order valence-electron chi connectivity index (χ1n) is 11.4. The molecule has 0 saturated carbocycles. The van der Waals surface area contributed by atoms with E-state index in [9.17, 15) is 17.6 Å². The number of nitrogens with one attached hydrogen (secondary N) is 1. The molecule has 0 unspecified atom stereocenters. The zero-order chi connectivity index (χ0) is 24.8. The van der Waals surface area contributed by atoms with E-state index in [0.717, 1.165) is 29.1 Å². The minimum absolute atomic E-state index is 0.0919. The molecule has 35 heavy (non-hydrogen) atoms. The van der Waals surface area contributed by atoms with Gasteiger partial charge in [-0.3, -0.25) is 4.79 Å². The zero-order valence-corrected chi connectivity index (χ0v) is 20.2. The summed E-state index contributed by atoms with van der Waals surface area (Å²) in [4.78, 5) is 17.3. The number of hydrogen-bond acceptors (Lipinski definition) is 5. The van der Waals surface area contributed by atoms with Crippen molar-refractivity contribution in [2.24, 2.45) is 0 Å². The van der Waals surface area contributed by atoms with Gasteiger partial charge in [-0.05, 0) is 48.4 Å². The van der Waals surface area contributed by atoms with Crippen molar-refractivity contribution in [3.8, 4) is 5.75 Å². The summed E-state index contributed by atoms with van der Waals surface area (Å²) in [7, 11) is -2.41. The number of rotatable bonds is 8. The third-order valence-corrected chi connectivity index (χ3v) is 7.51. The number of anilines is 1. The molecule has 9 heteroatoms. The van der Waals surface area contributed by atoms with Gasteiger partial charge >= 0.3 is 0 Å². The highest BCUT2D eigenvalue weighted by molar-refractivity contribution is 7.89. The van der Waals surface area contributed by atoms with Gasteiger partial charge in [0.05, 0.1) is 17.7 Å². The van der Waals surface area contributed by atoms with Gasteiger partial charge in [0.15, 0.2) is 0 Å². The molecule has 1 N–H and O–H groups in total. The van der Waals surface area contributed by atoms with Crippen molar-refractivity contribution in [2.45, 2.75) is 17.4 Å². The molecule has 0 spiro atoms. The van der Waals surface area contributed by atoms with Crippen LogP contribution in [-0.4, -0.2) is 58.6 Å². The summed E-state index contributed by atoms with van der Waals surface area (Å²) < 4.78 is 47.4. The number of para-hydroxylation sites is 2. The van der Waals surface area contributed by atoms with Crippen LogP contribution in [0.1, 0.15) is 5.56 Å². The van der Waals surface area contributed by atoms with Crippen molar-refractivity contribution in [3.05, 3.63) is 90.2 Å². The fourth-order valence-corrected chi connectivity index (χ4v) is 5.37. The van der Waals surface area contributed by atoms with Crippen LogP contribution < -0.4 is 14.4 Å². The molecule has 0 aliphatic carbocycles. The van der Waals surface area contributed by atoms with Gasteiger partial charge in [-0.1, -0.05) is 42.5 Å². The largest absolute Gasteiger partial charge is 0.495 e. The molecule has 1 aliphatic rings. The number of sulfonamides is 1. The SMILES string of the molecule is COc1ccccc1N1CCN(C(=O)[C@@H](Cc2ccccc2)NS(=O)(=O)c2ccc(F)cc2)CC1. The number of benzene rings is 3. The lowest BCUT2D eigenvalue weighted by molar-refractivity contribution is -0.133. The van der Waals surface area contributed by atoms with E-state index < -0.39 is 21.9 Å². The molecule has 7 nitrogen and oxygen atoms in total. The molecule has 184 valence electrons. The summed E-state index contributed by atoms with van der Waals surface area (Å²) >= 11 is 0. The summed E-state index contributed by atoms with van der Waals surface area (Å²) in [6.45, 7) is 2.07. The summed E-state index contributed by atoms with van der Waals surface area (Å²) in [5.74, 6) is -0.0608. The first-order chi connectivity index (χ1) is 16.9. The highest BCUT2D eigenvalue weighted by Gasteiger charge is 2.32. The van der Waals surface area contributed by atoms with E-state index in [4.69, 9.17) is 4.74 Å². The van der Waals surface area contributed by atoms with Gasteiger partial charge in [0.2, 0.25) is 15.9 Å².